The second-order valence-corrected chi connectivity index (χ2v) is 23.2. The summed E-state index contributed by atoms with van der Waals surface area (Å²) in [6.07, 6.45) is 17.5. The second-order valence-electron chi connectivity index (χ2n) is 13.8. The molecule has 1 aliphatic rings. The average molecular weight is 593 g/mol. The lowest BCUT2D eigenvalue weighted by molar-refractivity contribution is -0.143. The van der Waals surface area contributed by atoms with E-state index in [1.165, 1.54) is 63.1 Å². The Hall–Kier alpha value is -0.916. The fraction of sp³-hybridized carbons (Fsp3) is 0.824. The molecule has 0 aromatic heterocycles. The van der Waals surface area contributed by atoms with Gasteiger partial charge in [-0.05, 0) is 86.4 Å². The van der Waals surface area contributed by atoms with E-state index in [1.54, 1.807) is 11.6 Å². The molecule has 1 N–H and O–H groups in total. The molecular weight excluding hydrogens is 529 g/mol. The van der Waals surface area contributed by atoms with E-state index in [-0.39, 0.29) is 5.04 Å². The van der Waals surface area contributed by atoms with E-state index < -0.39 is 28.7 Å². The van der Waals surface area contributed by atoms with Crippen molar-refractivity contribution >= 4 is 22.6 Å². The Balaban J connectivity index is 2.91. The highest BCUT2D eigenvalue weighted by Crippen LogP contribution is 2.39. The molecule has 4 atom stereocenters. The molecule has 0 heterocycles. The predicted molar refractivity (Wildman–Crippen MR) is 177 cm³/mol. The Bertz CT molecular complexity index is 823. The summed E-state index contributed by atoms with van der Waals surface area (Å²) in [5.41, 5.74) is 4.77. The van der Waals surface area contributed by atoms with Gasteiger partial charge < -0.3 is 14.0 Å². The third-order valence-electron chi connectivity index (χ3n) is 9.79. The molecule has 4 nitrogen and oxygen atoms in total. The van der Waals surface area contributed by atoms with Gasteiger partial charge in [-0.15, -0.1) is 5.73 Å². The first-order valence-electron chi connectivity index (χ1n) is 16.4. The molecule has 40 heavy (non-hydrogen) atoms. The SMILES string of the molecule is CCCCCC(C)CCCC1=CCC(O[Si](CC)(CC)CC)[C@@H]1CCC=C=CC(O[Si](C)(C)C(C)(C)C)C(=O)O. The summed E-state index contributed by atoms with van der Waals surface area (Å²) < 4.78 is 13.2. The fourth-order valence-electron chi connectivity index (χ4n) is 5.63. The number of carboxylic acids is 1. The van der Waals surface area contributed by atoms with Crippen LogP contribution in [-0.4, -0.2) is 39.9 Å². The molecule has 0 spiro atoms. The van der Waals surface area contributed by atoms with Crippen molar-refractivity contribution in [3.63, 3.8) is 0 Å². The maximum absolute atomic E-state index is 11.9. The van der Waals surface area contributed by atoms with E-state index in [2.05, 4.69) is 80.3 Å². The van der Waals surface area contributed by atoms with E-state index in [0.29, 0.717) is 12.0 Å². The minimum atomic E-state index is -2.19. The van der Waals surface area contributed by atoms with Gasteiger partial charge in [0.15, 0.2) is 22.7 Å². The van der Waals surface area contributed by atoms with Crippen molar-refractivity contribution in [1.29, 1.82) is 0 Å². The van der Waals surface area contributed by atoms with Gasteiger partial charge in [0.25, 0.3) is 0 Å². The Morgan fingerprint density at radius 1 is 1.10 bits per heavy atom. The molecule has 6 heteroatoms. The first-order valence-corrected chi connectivity index (χ1v) is 21.9. The van der Waals surface area contributed by atoms with E-state index in [9.17, 15) is 9.90 Å². The van der Waals surface area contributed by atoms with Gasteiger partial charge in [-0.2, -0.15) is 0 Å². The number of hydrogen-bond donors (Lipinski definition) is 1. The van der Waals surface area contributed by atoms with Gasteiger partial charge >= 0.3 is 5.97 Å². The highest BCUT2D eigenvalue weighted by molar-refractivity contribution is 6.74. The number of aliphatic carboxylic acids is 1. The maximum atomic E-state index is 11.9. The zero-order chi connectivity index (χ0) is 30.4. The molecule has 0 saturated heterocycles. The lowest BCUT2D eigenvalue weighted by atomic mass is 9.89. The van der Waals surface area contributed by atoms with Crippen LogP contribution in [0.3, 0.4) is 0 Å². The fourth-order valence-corrected chi connectivity index (χ4v) is 9.69. The standard InChI is InChI=1S/C34H64O4Si2/c1-11-15-17-21-28(5)22-20-23-29-26-27-31(38-40(12-2,13-3)14-4)30(29)24-18-16-19-25-32(33(35)36)37-39(9,10)34(6,7)8/h16,25-26,28,30-32H,11-15,17-18,20-24,27H2,1-10H3,(H,35,36)/t19?,28?,30-,31?,32?/m1/s1. The first kappa shape index (κ1) is 37.1. The summed E-state index contributed by atoms with van der Waals surface area (Å²) in [4.78, 5) is 11.9. The summed E-state index contributed by atoms with van der Waals surface area (Å²) >= 11 is 0. The summed E-state index contributed by atoms with van der Waals surface area (Å²) in [6, 6.07) is 3.55. The van der Waals surface area contributed by atoms with E-state index >= 15 is 0 Å². The van der Waals surface area contributed by atoms with E-state index in [0.717, 1.165) is 25.2 Å². The number of unbranched alkanes of at least 4 members (excludes halogenated alkanes) is 2. The largest absolute Gasteiger partial charge is 0.479 e. The van der Waals surface area contributed by atoms with Crippen molar-refractivity contribution < 1.29 is 18.8 Å². The topological polar surface area (TPSA) is 55.8 Å². The highest BCUT2D eigenvalue weighted by Gasteiger charge is 2.40. The minimum Gasteiger partial charge on any atom is -0.479 e. The Labute approximate surface area is 250 Å². The Kier molecular flexibility index (Phi) is 16.6. The highest BCUT2D eigenvalue weighted by atomic mass is 28.4. The number of carboxylic acid groups (broad SMARTS) is 1. The van der Waals surface area contributed by atoms with Crippen molar-refractivity contribution in [1.82, 2.24) is 0 Å². The van der Waals surface area contributed by atoms with Crippen LogP contribution < -0.4 is 0 Å². The van der Waals surface area contributed by atoms with E-state index in [1.807, 2.05) is 6.08 Å². The van der Waals surface area contributed by atoms with Crippen LogP contribution in [0.1, 0.15) is 120 Å². The molecule has 0 bridgehead atoms. The van der Waals surface area contributed by atoms with Crippen LogP contribution in [0.15, 0.2) is 29.5 Å². The average Bonchev–Trinajstić information content (AvgIpc) is 3.26. The van der Waals surface area contributed by atoms with Crippen molar-refractivity contribution in [2.45, 2.75) is 168 Å². The van der Waals surface area contributed by atoms with Crippen LogP contribution in [0.5, 0.6) is 0 Å². The molecule has 0 aliphatic heterocycles. The van der Waals surface area contributed by atoms with Gasteiger partial charge in [-0.25, -0.2) is 4.79 Å². The molecular formula is C34H64O4Si2. The molecule has 0 aromatic rings. The van der Waals surface area contributed by atoms with Gasteiger partial charge in [0.2, 0.25) is 0 Å². The third-order valence-corrected chi connectivity index (χ3v) is 18.9. The number of rotatable bonds is 20. The number of carbonyl (C=O) groups is 1. The summed E-state index contributed by atoms with van der Waals surface area (Å²) in [5.74, 6) is 0.330. The van der Waals surface area contributed by atoms with E-state index in [4.69, 9.17) is 8.85 Å². The summed E-state index contributed by atoms with van der Waals surface area (Å²) in [5, 5.41) is 9.71. The second kappa shape index (κ2) is 17.9. The molecule has 1 aliphatic carbocycles. The first-order chi connectivity index (χ1) is 18.8. The molecule has 3 unspecified atom stereocenters. The van der Waals surface area contributed by atoms with Gasteiger partial charge in [0.05, 0.1) is 6.10 Å². The number of hydrogen-bond acceptors (Lipinski definition) is 3. The van der Waals surface area contributed by atoms with Gasteiger partial charge in [-0.1, -0.05) is 99.1 Å². The zero-order valence-electron chi connectivity index (χ0n) is 27.9. The van der Waals surface area contributed by atoms with Crippen LogP contribution in [0.2, 0.25) is 36.3 Å². The van der Waals surface area contributed by atoms with Crippen LogP contribution in [0.4, 0.5) is 0 Å². The van der Waals surface area contributed by atoms with Crippen molar-refractivity contribution in [3.05, 3.63) is 29.5 Å². The molecule has 0 amide bonds. The Morgan fingerprint density at radius 3 is 2.27 bits per heavy atom. The maximum Gasteiger partial charge on any atom is 0.336 e. The monoisotopic (exact) mass is 592 g/mol. The third kappa shape index (κ3) is 12.1. The smallest absolute Gasteiger partial charge is 0.336 e. The van der Waals surface area contributed by atoms with Gasteiger partial charge in [-0.3, -0.25) is 0 Å². The molecule has 0 aromatic carbocycles. The van der Waals surface area contributed by atoms with Crippen LogP contribution in [0, 0.1) is 11.8 Å². The van der Waals surface area contributed by atoms with Crippen LogP contribution in [0.25, 0.3) is 0 Å². The molecule has 0 saturated carbocycles. The van der Waals surface area contributed by atoms with Crippen LogP contribution in [-0.2, 0) is 13.6 Å². The molecule has 0 radical (unpaired) electrons. The van der Waals surface area contributed by atoms with Crippen molar-refractivity contribution in [3.8, 4) is 0 Å². The van der Waals surface area contributed by atoms with Gasteiger partial charge in [0, 0.05) is 5.92 Å². The van der Waals surface area contributed by atoms with Crippen molar-refractivity contribution in [2.75, 3.05) is 0 Å². The molecule has 1 rings (SSSR count). The van der Waals surface area contributed by atoms with Crippen LogP contribution >= 0.6 is 0 Å². The zero-order valence-corrected chi connectivity index (χ0v) is 29.9. The normalized spacial score (nSPS) is 19.6. The lowest BCUT2D eigenvalue weighted by Crippen LogP contribution is -2.45. The summed E-state index contributed by atoms with van der Waals surface area (Å²) in [7, 11) is -3.88. The molecule has 232 valence electrons. The lowest BCUT2D eigenvalue weighted by Gasteiger charge is -2.37. The predicted octanol–water partition coefficient (Wildman–Crippen LogP) is 10.7. The summed E-state index contributed by atoms with van der Waals surface area (Å²) in [6.45, 7) is 22.2. The minimum absolute atomic E-state index is 0.0419. The van der Waals surface area contributed by atoms with Gasteiger partial charge in [0.1, 0.15) is 0 Å². The quantitative estimate of drug-likeness (QED) is 0.0661. The molecule has 0 fully saturated rings. The Morgan fingerprint density at radius 2 is 1.73 bits per heavy atom. The van der Waals surface area contributed by atoms with Crippen molar-refractivity contribution in [2.24, 2.45) is 11.8 Å².